The molecule has 0 bridgehead atoms. The minimum atomic E-state index is -0.183. The minimum Gasteiger partial charge on any atom is -0.370 e. The number of hydrogen-bond donors (Lipinski definition) is 2. The van der Waals surface area contributed by atoms with Crippen LogP contribution >= 0.6 is 0 Å². The van der Waals surface area contributed by atoms with Gasteiger partial charge >= 0.3 is 5.71 Å². The highest BCUT2D eigenvalue weighted by atomic mass is 16.1. The van der Waals surface area contributed by atoms with Crippen LogP contribution in [0.5, 0.6) is 0 Å². The van der Waals surface area contributed by atoms with Crippen molar-refractivity contribution in [3.63, 3.8) is 0 Å². The van der Waals surface area contributed by atoms with Gasteiger partial charge in [-0.15, -0.1) is 0 Å². The van der Waals surface area contributed by atoms with Gasteiger partial charge in [0.15, 0.2) is 5.92 Å². The van der Waals surface area contributed by atoms with Gasteiger partial charge in [-0.05, 0) is 53.5 Å². The molecule has 0 fully saturated rings. The van der Waals surface area contributed by atoms with E-state index < -0.39 is 0 Å². The molecule has 2 unspecified atom stereocenters. The molecule has 0 rings (SSSR count). The Morgan fingerprint density at radius 3 is 2.24 bits per heavy atom. The first kappa shape index (κ1) is 28.0. The van der Waals surface area contributed by atoms with Crippen LogP contribution in [0.25, 0.3) is 0 Å². The number of nitrogens with two attached hydrogens (primary N) is 1. The Kier molecular flexibility index (Phi) is 16.1. The fraction of sp³-hybridized carbons (Fsp3) is 0.880. The molecule has 4 nitrogen and oxygen atoms in total. The second kappa shape index (κ2) is 16.7. The van der Waals surface area contributed by atoms with Crippen LogP contribution < -0.4 is 11.1 Å². The van der Waals surface area contributed by atoms with Crippen molar-refractivity contribution in [3.05, 3.63) is 5.92 Å². The summed E-state index contributed by atoms with van der Waals surface area (Å²) in [6.07, 6.45) is 9.80. The lowest BCUT2D eigenvalue weighted by atomic mass is 9.82. The van der Waals surface area contributed by atoms with Crippen molar-refractivity contribution < 1.29 is 9.37 Å². The van der Waals surface area contributed by atoms with E-state index in [0.29, 0.717) is 24.3 Å². The summed E-state index contributed by atoms with van der Waals surface area (Å²) in [5.41, 5.74) is 6.79. The van der Waals surface area contributed by atoms with Gasteiger partial charge in [-0.1, -0.05) is 33.1 Å². The monoisotopic (exact) mass is 409 g/mol. The molecule has 0 heterocycles. The van der Waals surface area contributed by atoms with E-state index in [1.54, 1.807) is 11.6 Å². The van der Waals surface area contributed by atoms with Crippen molar-refractivity contribution in [1.82, 2.24) is 5.32 Å². The maximum atomic E-state index is 10.8. The van der Waals surface area contributed by atoms with Crippen LogP contribution in [-0.2, 0) is 4.79 Å². The fourth-order valence-electron chi connectivity index (χ4n) is 4.42. The second-order valence-corrected chi connectivity index (χ2v) is 9.03. The Bertz CT molecular complexity index is 459. The maximum absolute atomic E-state index is 10.8. The molecule has 3 N–H and O–H groups in total. The average Bonchev–Trinajstić information content (AvgIpc) is 2.66. The summed E-state index contributed by atoms with van der Waals surface area (Å²) in [6.45, 7) is 19.6. The molecule has 0 aliphatic heterocycles. The third-order valence-corrected chi connectivity index (χ3v) is 5.99. The molecule has 0 aliphatic carbocycles. The topological polar surface area (TPSA) is 58.1 Å². The Labute approximate surface area is 182 Å². The van der Waals surface area contributed by atoms with Crippen molar-refractivity contribution in [2.75, 3.05) is 19.6 Å². The Morgan fingerprint density at radius 2 is 1.72 bits per heavy atom. The summed E-state index contributed by atoms with van der Waals surface area (Å²) < 4.78 is 2.61. The number of carbonyl (C=O) groups excluding carboxylic acids is 1. The van der Waals surface area contributed by atoms with E-state index in [9.17, 15) is 4.79 Å². The number of nitrogens with zero attached hydrogens (tertiary/aromatic N) is 1. The molecule has 2 atom stereocenters. The number of rotatable bonds is 18. The molecule has 0 aliphatic rings. The molecule has 0 aromatic rings. The van der Waals surface area contributed by atoms with Crippen LogP contribution in [-0.4, -0.2) is 41.9 Å². The molecule has 0 aromatic heterocycles. The SMILES string of the molecule is CCCC[N+](CC)=C([C+](C)CC(CCC)C(C)NCCCCCC(N)=O)C(C)C. The fourth-order valence-corrected chi connectivity index (χ4v) is 4.42. The van der Waals surface area contributed by atoms with Gasteiger partial charge in [0, 0.05) is 24.8 Å². The van der Waals surface area contributed by atoms with Gasteiger partial charge < -0.3 is 11.1 Å². The predicted molar refractivity (Wildman–Crippen MR) is 127 cm³/mol. The van der Waals surface area contributed by atoms with Gasteiger partial charge in [-0.2, -0.15) is 4.58 Å². The van der Waals surface area contributed by atoms with E-state index in [0.717, 1.165) is 32.4 Å². The van der Waals surface area contributed by atoms with Crippen LogP contribution in [0.15, 0.2) is 0 Å². The van der Waals surface area contributed by atoms with E-state index in [1.165, 1.54) is 38.6 Å². The lowest BCUT2D eigenvalue weighted by molar-refractivity contribution is -0.527. The van der Waals surface area contributed by atoms with E-state index >= 15 is 0 Å². The Morgan fingerprint density at radius 1 is 1.03 bits per heavy atom. The highest BCUT2D eigenvalue weighted by Gasteiger charge is 2.37. The lowest BCUT2D eigenvalue weighted by Gasteiger charge is -2.24. The van der Waals surface area contributed by atoms with E-state index in [2.05, 4.69) is 58.4 Å². The van der Waals surface area contributed by atoms with Crippen molar-refractivity contribution in [2.24, 2.45) is 17.6 Å². The first-order chi connectivity index (χ1) is 13.8. The summed E-state index contributed by atoms with van der Waals surface area (Å²) in [6, 6.07) is 0.514. The van der Waals surface area contributed by atoms with Crippen LogP contribution in [0.2, 0.25) is 0 Å². The molecule has 0 saturated carbocycles. The van der Waals surface area contributed by atoms with Gasteiger partial charge in [0.2, 0.25) is 5.91 Å². The molecule has 0 saturated heterocycles. The van der Waals surface area contributed by atoms with E-state index in [4.69, 9.17) is 5.73 Å². The normalized spacial score (nSPS) is 14.6. The third-order valence-electron chi connectivity index (χ3n) is 5.99. The van der Waals surface area contributed by atoms with E-state index in [-0.39, 0.29) is 5.91 Å². The Balaban J connectivity index is 4.86. The molecule has 29 heavy (non-hydrogen) atoms. The van der Waals surface area contributed by atoms with E-state index in [1.807, 2.05) is 0 Å². The predicted octanol–water partition coefficient (Wildman–Crippen LogP) is 5.34. The first-order valence-electron chi connectivity index (χ1n) is 12.2. The molecule has 0 spiro atoms. The molecule has 4 heteroatoms. The lowest BCUT2D eigenvalue weighted by Crippen LogP contribution is -2.37. The smallest absolute Gasteiger partial charge is 0.332 e. The third kappa shape index (κ3) is 12.3. The average molecular weight is 410 g/mol. The summed E-state index contributed by atoms with van der Waals surface area (Å²) in [5.74, 6) is 2.64. The number of primary amides is 1. The minimum absolute atomic E-state index is 0.183. The van der Waals surface area contributed by atoms with Crippen molar-refractivity contribution in [2.45, 2.75) is 112 Å². The molecular weight excluding hydrogens is 358 g/mol. The molecule has 0 radical (unpaired) electrons. The molecule has 1 amide bonds. The second-order valence-electron chi connectivity index (χ2n) is 9.03. The van der Waals surface area contributed by atoms with Crippen molar-refractivity contribution in [3.8, 4) is 0 Å². The highest BCUT2D eigenvalue weighted by molar-refractivity contribution is 5.94. The summed E-state index contributed by atoms with van der Waals surface area (Å²) in [4.78, 5) is 10.8. The van der Waals surface area contributed by atoms with Gasteiger partial charge in [-0.3, -0.25) is 4.79 Å². The zero-order valence-corrected chi connectivity index (χ0v) is 20.7. The van der Waals surface area contributed by atoms with Gasteiger partial charge in [0.25, 0.3) is 0 Å². The Hall–Kier alpha value is -1.03. The van der Waals surface area contributed by atoms with Crippen LogP contribution in [0, 0.1) is 17.8 Å². The number of carbonyl (C=O) groups is 1. The molecule has 0 aromatic carbocycles. The molecule has 170 valence electrons. The standard InChI is InChI=1S/C25H50N3O/c1-8-11-18-28(10-3)25(20(4)5)21(6)19-23(15-9-2)22(7)27-17-14-12-13-16-24(26)29/h20,22-23,27H,8-19H2,1-7H3,(H-,26,29)/q+1/p+1. The summed E-state index contributed by atoms with van der Waals surface area (Å²) in [5, 5.41) is 3.75. The zero-order valence-electron chi connectivity index (χ0n) is 20.7. The van der Waals surface area contributed by atoms with Crippen molar-refractivity contribution in [1.29, 1.82) is 0 Å². The van der Waals surface area contributed by atoms with Gasteiger partial charge in [-0.25, -0.2) is 0 Å². The highest BCUT2D eigenvalue weighted by Crippen LogP contribution is 2.26. The number of hydrogen-bond acceptors (Lipinski definition) is 2. The maximum Gasteiger partial charge on any atom is 0.332 e. The molecular formula is C25H51N3O+2. The number of unbranched alkanes of at least 4 members (excludes halogenated alkanes) is 3. The quantitative estimate of drug-likeness (QED) is 0.139. The van der Waals surface area contributed by atoms with Gasteiger partial charge in [0.1, 0.15) is 19.5 Å². The zero-order chi connectivity index (χ0) is 22.2. The van der Waals surface area contributed by atoms with Crippen LogP contribution in [0.3, 0.4) is 0 Å². The van der Waals surface area contributed by atoms with Gasteiger partial charge in [0.05, 0.1) is 12.8 Å². The number of amides is 1. The first-order valence-corrected chi connectivity index (χ1v) is 12.2. The number of nitrogens with one attached hydrogen (secondary N) is 1. The summed E-state index contributed by atoms with van der Waals surface area (Å²) >= 11 is 0. The summed E-state index contributed by atoms with van der Waals surface area (Å²) in [7, 11) is 0. The van der Waals surface area contributed by atoms with Crippen molar-refractivity contribution >= 4 is 11.6 Å². The largest absolute Gasteiger partial charge is 0.370 e. The van der Waals surface area contributed by atoms with Crippen LogP contribution in [0.4, 0.5) is 0 Å². The van der Waals surface area contributed by atoms with Crippen LogP contribution in [0.1, 0.15) is 106 Å².